The monoisotopic (exact) mass is 406 g/mol. The molecular formula is C21H38N6O2. The van der Waals surface area contributed by atoms with Crippen molar-refractivity contribution in [2.75, 3.05) is 20.2 Å². The summed E-state index contributed by atoms with van der Waals surface area (Å²) >= 11 is 0. The summed E-state index contributed by atoms with van der Waals surface area (Å²) in [7, 11) is 1.79. The molecule has 1 saturated heterocycles. The van der Waals surface area contributed by atoms with Crippen LogP contribution in [0.2, 0.25) is 0 Å². The van der Waals surface area contributed by atoms with Crippen LogP contribution in [-0.4, -0.2) is 67.2 Å². The van der Waals surface area contributed by atoms with E-state index in [2.05, 4.69) is 26.2 Å². The smallest absolute Gasteiger partial charge is 0.251 e. The third kappa shape index (κ3) is 5.49. The summed E-state index contributed by atoms with van der Waals surface area (Å²) in [5.74, 6) is -0.0251. The number of methoxy groups -OCH3 is 1. The average molecular weight is 407 g/mol. The first-order valence-electron chi connectivity index (χ1n) is 11.0. The summed E-state index contributed by atoms with van der Waals surface area (Å²) in [6.07, 6.45) is 7.43. The Morgan fingerprint density at radius 3 is 2.48 bits per heavy atom. The van der Waals surface area contributed by atoms with E-state index in [1.807, 2.05) is 13.8 Å². The first-order chi connectivity index (χ1) is 13.9. The van der Waals surface area contributed by atoms with E-state index in [4.69, 9.17) is 10.1 Å². The molecule has 3 rings (SSSR count). The van der Waals surface area contributed by atoms with Gasteiger partial charge >= 0.3 is 0 Å². The molecule has 2 fully saturated rings. The van der Waals surface area contributed by atoms with E-state index in [0.29, 0.717) is 12.1 Å². The summed E-state index contributed by atoms with van der Waals surface area (Å²) in [5, 5.41) is 21.0. The van der Waals surface area contributed by atoms with Crippen molar-refractivity contribution in [2.24, 2.45) is 0 Å². The maximum Gasteiger partial charge on any atom is 0.251 e. The van der Waals surface area contributed by atoms with E-state index in [1.54, 1.807) is 14.0 Å². The summed E-state index contributed by atoms with van der Waals surface area (Å²) < 4.78 is 5.88. The van der Waals surface area contributed by atoms with Crippen molar-refractivity contribution in [3.63, 3.8) is 0 Å². The van der Waals surface area contributed by atoms with Gasteiger partial charge in [0.25, 0.3) is 5.91 Å². The zero-order valence-corrected chi connectivity index (χ0v) is 18.3. The number of ether oxygens (including phenoxy) is 1. The molecule has 0 spiro atoms. The van der Waals surface area contributed by atoms with E-state index < -0.39 is 6.04 Å². The normalized spacial score (nSPS) is 31.7. The Balaban J connectivity index is 1.67. The lowest BCUT2D eigenvalue weighted by Crippen LogP contribution is -2.68. The fourth-order valence-electron chi connectivity index (χ4n) is 4.80. The number of hydrogen-bond donors (Lipinski definition) is 5. The minimum atomic E-state index is -0.459. The Morgan fingerprint density at radius 2 is 1.83 bits per heavy atom. The van der Waals surface area contributed by atoms with E-state index in [1.165, 1.54) is 32.1 Å². The third-order valence-corrected chi connectivity index (χ3v) is 6.55. The number of nitrogens with one attached hydrogen (secondary N) is 5. The maximum absolute atomic E-state index is 12.7. The second-order valence-electron chi connectivity index (χ2n) is 8.74. The topological polar surface area (TPSA) is 102 Å². The molecule has 8 nitrogen and oxygen atoms in total. The molecule has 164 valence electrons. The number of hydrogen-bond acceptors (Lipinski definition) is 7. The Hall–Kier alpha value is -1.64. The lowest BCUT2D eigenvalue weighted by molar-refractivity contribution is -0.124. The number of amides is 1. The van der Waals surface area contributed by atoms with Gasteiger partial charge in [-0.15, -0.1) is 0 Å². The van der Waals surface area contributed by atoms with Crippen molar-refractivity contribution in [2.45, 2.75) is 89.7 Å². The number of likely N-dealkylation sites (tertiary alicyclic amines) is 1. The van der Waals surface area contributed by atoms with Crippen LogP contribution in [0.4, 0.5) is 0 Å². The highest BCUT2D eigenvalue weighted by Gasteiger charge is 2.40. The van der Waals surface area contributed by atoms with Crippen LogP contribution in [0.15, 0.2) is 11.4 Å². The second kappa shape index (κ2) is 9.91. The van der Waals surface area contributed by atoms with Crippen molar-refractivity contribution in [1.29, 1.82) is 5.41 Å². The molecule has 1 saturated carbocycles. The van der Waals surface area contributed by atoms with E-state index in [9.17, 15) is 4.79 Å². The quantitative estimate of drug-likeness (QED) is 0.348. The Kier molecular flexibility index (Phi) is 7.54. The van der Waals surface area contributed by atoms with Gasteiger partial charge in [0.05, 0.1) is 11.9 Å². The van der Waals surface area contributed by atoms with Gasteiger partial charge in [-0.1, -0.05) is 19.3 Å². The molecule has 4 unspecified atom stereocenters. The van der Waals surface area contributed by atoms with E-state index in [-0.39, 0.29) is 24.0 Å². The standard InChI is InChI=1S/C21H38N6O2/c1-13-14(2)24-20(19(23-13)21(28)25-15(3)22)27-11-10-17(18(12-27)29-4)26-16-8-6-5-7-9-16/h16-20,23-24,26H,5-12H2,1-4H3,(H2,22,25,28). The molecule has 2 aliphatic heterocycles. The molecule has 0 aromatic rings. The van der Waals surface area contributed by atoms with Gasteiger partial charge in [-0.2, -0.15) is 0 Å². The molecule has 0 aromatic carbocycles. The molecule has 0 radical (unpaired) electrons. The zero-order valence-electron chi connectivity index (χ0n) is 18.3. The molecule has 1 aliphatic carbocycles. The lowest BCUT2D eigenvalue weighted by atomic mass is 9.92. The van der Waals surface area contributed by atoms with Gasteiger partial charge < -0.3 is 26.0 Å². The van der Waals surface area contributed by atoms with Gasteiger partial charge in [0, 0.05) is 43.7 Å². The van der Waals surface area contributed by atoms with Crippen molar-refractivity contribution >= 4 is 11.7 Å². The van der Waals surface area contributed by atoms with E-state index >= 15 is 0 Å². The maximum atomic E-state index is 12.7. The van der Waals surface area contributed by atoms with Crippen molar-refractivity contribution in [3.8, 4) is 0 Å². The number of nitrogens with zero attached hydrogens (tertiary/aromatic N) is 1. The minimum absolute atomic E-state index is 0.0907. The number of amidine groups is 1. The van der Waals surface area contributed by atoms with Gasteiger partial charge in [0.2, 0.25) is 0 Å². The van der Waals surface area contributed by atoms with E-state index in [0.717, 1.165) is 30.9 Å². The second-order valence-corrected chi connectivity index (χ2v) is 8.74. The lowest BCUT2D eigenvalue weighted by Gasteiger charge is -2.47. The number of carbonyl (C=O) groups is 1. The van der Waals surface area contributed by atoms with Crippen molar-refractivity contribution in [3.05, 3.63) is 11.4 Å². The van der Waals surface area contributed by atoms with Gasteiger partial charge in [0.1, 0.15) is 12.2 Å². The largest absolute Gasteiger partial charge is 0.378 e. The number of piperidine rings is 1. The molecule has 0 aromatic heterocycles. The minimum Gasteiger partial charge on any atom is -0.378 e. The van der Waals surface area contributed by atoms with Crippen LogP contribution in [-0.2, 0) is 9.53 Å². The zero-order chi connectivity index (χ0) is 21.0. The van der Waals surface area contributed by atoms with Crippen LogP contribution in [0.25, 0.3) is 0 Å². The molecule has 29 heavy (non-hydrogen) atoms. The Bertz CT molecular complexity index is 631. The summed E-state index contributed by atoms with van der Waals surface area (Å²) in [6.45, 7) is 7.23. The third-order valence-electron chi connectivity index (χ3n) is 6.55. The van der Waals surface area contributed by atoms with Crippen LogP contribution in [0, 0.1) is 5.41 Å². The molecule has 2 heterocycles. The van der Waals surface area contributed by atoms with Gasteiger partial charge in [-0.3, -0.25) is 15.1 Å². The highest BCUT2D eigenvalue weighted by Crippen LogP contribution is 2.24. The average Bonchev–Trinajstić information content (AvgIpc) is 2.70. The number of allylic oxidation sites excluding steroid dienone is 2. The molecule has 8 heteroatoms. The number of rotatable bonds is 5. The van der Waals surface area contributed by atoms with Crippen LogP contribution in [0.3, 0.4) is 0 Å². The van der Waals surface area contributed by atoms with Crippen LogP contribution >= 0.6 is 0 Å². The van der Waals surface area contributed by atoms with Crippen molar-refractivity contribution < 1.29 is 9.53 Å². The summed E-state index contributed by atoms with van der Waals surface area (Å²) in [5.41, 5.74) is 2.00. The first kappa shape index (κ1) is 22.1. The van der Waals surface area contributed by atoms with Crippen molar-refractivity contribution in [1.82, 2.24) is 26.2 Å². The summed E-state index contributed by atoms with van der Waals surface area (Å²) in [6, 6.07) is 0.499. The fraction of sp³-hybridized carbons (Fsp3) is 0.810. The molecular weight excluding hydrogens is 368 g/mol. The Labute approximate surface area is 174 Å². The molecule has 1 amide bonds. The molecule has 0 bridgehead atoms. The first-order valence-corrected chi connectivity index (χ1v) is 11.0. The highest BCUT2D eigenvalue weighted by atomic mass is 16.5. The predicted molar refractivity (Wildman–Crippen MR) is 115 cm³/mol. The molecule has 3 aliphatic rings. The molecule has 5 N–H and O–H groups in total. The molecule has 4 atom stereocenters. The fourth-order valence-corrected chi connectivity index (χ4v) is 4.80. The predicted octanol–water partition coefficient (Wildman–Crippen LogP) is 1.25. The number of carbonyl (C=O) groups excluding carboxylic acids is 1. The highest BCUT2D eigenvalue weighted by molar-refractivity contribution is 5.98. The van der Waals surface area contributed by atoms with Gasteiger partial charge in [-0.25, -0.2) is 0 Å². The van der Waals surface area contributed by atoms with Crippen LogP contribution < -0.4 is 21.3 Å². The SMILES string of the molecule is COC1CN(C2NC(C)=C(C)NC2C(=O)NC(C)=N)CCC1NC1CCCCC1. The van der Waals surface area contributed by atoms with Crippen LogP contribution in [0.5, 0.6) is 0 Å². The Morgan fingerprint density at radius 1 is 1.14 bits per heavy atom. The van der Waals surface area contributed by atoms with Crippen LogP contribution in [0.1, 0.15) is 59.3 Å². The van der Waals surface area contributed by atoms with Gasteiger partial charge in [0.15, 0.2) is 0 Å². The van der Waals surface area contributed by atoms with Gasteiger partial charge in [-0.05, 0) is 40.0 Å². The summed E-state index contributed by atoms with van der Waals surface area (Å²) in [4.78, 5) is 15.0.